The molecule has 0 heterocycles. The fourth-order valence-corrected chi connectivity index (χ4v) is 5.89. The molecule has 0 bridgehead atoms. The van der Waals surface area contributed by atoms with Crippen molar-refractivity contribution in [3.63, 3.8) is 0 Å². The first kappa shape index (κ1) is 43.6. The second-order valence-electron chi connectivity index (χ2n) is 14.4. The van der Waals surface area contributed by atoms with Crippen LogP contribution < -0.4 is 5.32 Å². The summed E-state index contributed by atoms with van der Waals surface area (Å²) < 4.78 is 5.60. The second kappa shape index (κ2) is 34.0. The largest absolute Gasteiger partial charge is 0.465 e. The summed E-state index contributed by atoms with van der Waals surface area (Å²) in [6.45, 7) is 12.7. The van der Waals surface area contributed by atoms with E-state index in [0.29, 0.717) is 30.8 Å². The molecule has 0 fully saturated rings. The van der Waals surface area contributed by atoms with Crippen molar-refractivity contribution in [2.45, 2.75) is 182 Å². The number of unbranched alkanes of at least 4 members (excludes halogenated alkanes) is 15. The van der Waals surface area contributed by atoms with E-state index < -0.39 is 0 Å². The van der Waals surface area contributed by atoms with Gasteiger partial charge in [0.15, 0.2) is 0 Å². The summed E-state index contributed by atoms with van der Waals surface area (Å²) in [6, 6.07) is 0. The van der Waals surface area contributed by atoms with Crippen molar-refractivity contribution in [2.24, 2.45) is 23.7 Å². The molecule has 0 aromatic rings. The standard InChI is InChI=1S/C42H79NO2/c1-7-8-9-10-11-12-13-14-15-16-17-18-19-20-21-24-27-30-40(35-36-43-6)31-28-25-22-23-26-29-32-42(44)45-37-41(39(4)5)34-33-38(2)3/h11-12,14-15,33-34,38-41,43H,7-10,13,16-32,35-37H2,1-6H3/b12-11-,15-14-,34-33+. The molecule has 2 atom stereocenters. The Hall–Kier alpha value is -1.35. The zero-order valence-electron chi connectivity index (χ0n) is 31.3. The first-order valence-electron chi connectivity index (χ1n) is 19.7. The molecule has 45 heavy (non-hydrogen) atoms. The summed E-state index contributed by atoms with van der Waals surface area (Å²) in [5.41, 5.74) is 0. The number of nitrogens with one attached hydrogen (secondary N) is 1. The molecule has 0 amide bonds. The highest BCUT2D eigenvalue weighted by Gasteiger charge is 2.13. The van der Waals surface area contributed by atoms with Crippen molar-refractivity contribution in [3.8, 4) is 0 Å². The lowest BCUT2D eigenvalue weighted by molar-refractivity contribution is -0.145. The minimum Gasteiger partial charge on any atom is -0.465 e. The van der Waals surface area contributed by atoms with Gasteiger partial charge in [-0.2, -0.15) is 0 Å². The number of esters is 1. The molecule has 3 heteroatoms. The molecule has 0 aromatic carbocycles. The van der Waals surface area contributed by atoms with Gasteiger partial charge in [0.05, 0.1) is 6.61 Å². The first-order valence-corrected chi connectivity index (χ1v) is 19.7. The Morgan fingerprint density at radius 3 is 1.71 bits per heavy atom. The van der Waals surface area contributed by atoms with Crippen LogP contribution in [-0.4, -0.2) is 26.2 Å². The Kier molecular flexibility index (Phi) is 33.0. The monoisotopic (exact) mass is 630 g/mol. The van der Waals surface area contributed by atoms with Crippen molar-refractivity contribution in [1.82, 2.24) is 5.32 Å². The number of ether oxygens (including phenoxy) is 1. The minimum absolute atomic E-state index is 0.0224. The highest BCUT2D eigenvalue weighted by Crippen LogP contribution is 2.22. The third-order valence-corrected chi connectivity index (χ3v) is 9.15. The fourth-order valence-electron chi connectivity index (χ4n) is 5.89. The Morgan fingerprint density at radius 2 is 1.18 bits per heavy atom. The minimum atomic E-state index is -0.0224. The van der Waals surface area contributed by atoms with E-state index in [1.165, 1.54) is 122 Å². The molecule has 264 valence electrons. The summed E-state index contributed by atoms with van der Waals surface area (Å²) in [4.78, 5) is 12.2. The number of hydrogen-bond donors (Lipinski definition) is 1. The molecule has 2 unspecified atom stereocenters. The normalized spacial score (nSPS) is 13.7. The van der Waals surface area contributed by atoms with Crippen molar-refractivity contribution < 1.29 is 9.53 Å². The maximum absolute atomic E-state index is 12.2. The molecule has 0 radical (unpaired) electrons. The summed E-state index contributed by atoms with van der Waals surface area (Å²) in [6.07, 6.45) is 43.3. The number of carbonyl (C=O) groups is 1. The molecule has 0 aliphatic rings. The third-order valence-electron chi connectivity index (χ3n) is 9.15. The van der Waals surface area contributed by atoms with Crippen LogP contribution >= 0.6 is 0 Å². The maximum atomic E-state index is 12.2. The van der Waals surface area contributed by atoms with E-state index in [0.717, 1.165) is 31.7 Å². The van der Waals surface area contributed by atoms with Crippen LogP contribution in [0.25, 0.3) is 0 Å². The lowest BCUT2D eigenvalue weighted by atomic mass is 9.91. The Morgan fingerprint density at radius 1 is 0.644 bits per heavy atom. The van der Waals surface area contributed by atoms with Gasteiger partial charge in [0.25, 0.3) is 0 Å². The average molecular weight is 630 g/mol. The van der Waals surface area contributed by atoms with E-state index in [2.05, 4.69) is 83.4 Å². The molecule has 3 nitrogen and oxygen atoms in total. The maximum Gasteiger partial charge on any atom is 0.305 e. The smallest absolute Gasteiger partial charge is 0.305 e. The predicted octanol–water partition coefficient (Wildman–Crippen LogP) is 13.0. The van der Waals surface area contributed by atoms with Gasteiger partial charge in [0.2, 0.25) is 0 Å². The molecule has 0 spiro atoms. The van der Waals surface area contributed by atoms with Gasteiger partial charge < -0.3 is 10.1 Å². The predicted molar refractivity (Wildman–Crippen MR) is 201 cm³/mol. The van der Waals surface area contributed by atoms with Crippen LogP contribution in [0.15, 0.2) is 36.5 Å². The fraction of sp³-hybridized carbons (Fsp3) is 0.833. The van der Waals surface area contributed by atoms with Crippen molar-refractivity contribution in [3.05, 3.63) is 36.5 Å². The second-order valence-corrected chi connectivity index (χ2v) is 14.4. The summed E-state index contributed by atoms with van der Waals surface area (Å²) >= 11 is 0. The van der Waals surface area contributed by atoms with Gasteiger partial charge in [-0.15, -0.1) is 0 Å². The topological polar surface area (TPSA) is 38.3 Å². The van der Waals surface area contributed by atoms with Crippen LogP contribution in [0.2, 0.25) is 0 Å². The van der Waals surface area contributed by atoms with Gasteiger partial charge in [0, 0.05) is 12.3 Å². The average Bonchev–Trinajstić information content (AvgIpc) is 3.01. The Balaban J connectivity index is 3.77. The summed E-state index contributed by atoms with van der Waals surface area (Å²) in [7, 11) is 2.09. The van der Waals surface area contributed by atoms with Crippen LogP contribution in [0.3, 0.4) is 0 Å². The van der Waals surface area contributed by atoms with Gasteiger partial charge >= 0.3 is 5.97 Å². The first-order chi connectivity index (χ1) is 21.9. The zero-order valence-corrected chi connectivity index (χ0v) is 31.3. The van der Waals surface area contributed by atoms with E-state index >= 15 is 0 Å². The van der Waals surface area contributed by atoms with Crippen LogP contribution in [-0.2, 0) is 9.53 Å². The number of hydrogen-bond acceptors (Lipinski definition) is 3. The van der Waals surface area contributed by atoms with E-state index in [4.69, 9.17) is 4.74 Å². The van der Waals surface area contributed by atoms with Crippen molar-refractivity contribution >= 4 is 5.97 Å². The number of rotatable bonds is 33. The van der Waals surface area contributed by atoms with Gasteiger partial charge in [-0.1, -0.05) is 167 Å². The molecule has 1 N–H and O–H groups in total. The number of carbonyl (C=O) groups excluding carboxylic acids is 1. The van der Waals surface area contributed by atoms with E-state index in [1.54, 1.807) is 0 Å². The van der Waals surface area contributed by atoms with E-state index in [-0.39, 0.29) is 5.97 Å². The molecule has 0 saturated carbocycles. The quantitative estimate of drug-likeness (QED) is 0.0446. The van der Waals surface area contributed by atoms with Gasteiger partial charge in [-0.3, -0.25) is 4.79 Å². The summed E-state index contributed by atoms with van der Waals surface area (Å²) in [5.74, 6) is 2.20. The summed E-state index contributed by atoms with van der Waals surface area (Å²) in [5, 5.41) is 3.37. The van der Waals surface area contributed by atoms with Gasteiger partial charge in [0.1, 0.15) is 0 Å². The molecule has 0 aliphatic heterocycles. The highest BCUT2D eigenvalue weighted by atomic mass is 16.5. The van der Waals surface area contributed by atoms with E-state index in [1.807, 2.05) is 0 Å². The Bertz CT molecular complexity index is 707. The van der Waals surface area contributed by atoms with Crippen LogP contribution in [0.5, 0.6) is 0 Å². The lowest BCUT2D eigenvalue weighted by Gasteiger charge is -2.17. The molecule has 0 aromatic heterocycles. The van der Waals surface area contributed by atoms with Gasteiger partial charge in [-0.05, 0) is 76.3 Å². The molecule has 0 aliphatic carbocycles. The lowest BCUT2D eigenvalue weighted by Crippen LogP contribution is -2.17. The number of allylic oxidation sites excluding steroid dienone is 5. The van der Waals surface area contributed by atoms with Crippen molar-refractivity contribution in [1.29, 1.82) is 0 Å². The van der Waals surface area contributed by atoms with Gasteiger partial charge in [-0.25, -0.2) is 0 Å². The highest BCUT2D eigenvalue weighted by molar-refractivity contribution is 5.69. The van der Waals surface area contributed by atoms with Crippen LogP contribution in [0, 0.1) is 23.7 Å². The molecular weight excluding hydrogens is 550 g/mol. The van der Waals surface area contributed by atoms with Crippen LogP contribution in [0.4, 0.5) is 0 Å². The third kappa shape index (κ3) is 32.4. The Labute approximate surface area is 282 Å². The van der Waals surface area contributed by atoms with E-state index in [9.17, 15) is 4.79 Å². The molecule has 0 rings (SSSR count). The van der Waals surface area contributed by atoms with Crippen molar-refractivity contribution in [2.75, 3.05) is 20.2 Å². The van der Waals surface area contributed by atoms with Crippen LogP contribution in [0.1, 0.15) is 182 Å². The SMILES string of the molecule is CCCCC/C=C\C/C=C\CCCCCCCCCC(CCCCCCCCC(=O)OCC(/C=C/C(C)C)C(C)C)CCNC. The molecule has 0 saturated heterocycles. The molecular formula is C42H79NO2. The zero-order chi connectivity index (χ0) is 33.2.